The van der Waals surface area contributed by atoms with Crippen LogP contribution in [0.3, 0.4) is 0 Å². The van der Waals surface area contributed by atoms with Gasteiger partial charge in [0.2, 0.25) is 0 Å². The van der Waals surface area contributed by atoms with Gasteiger partial charge in [0.05, 0.1) is 4.91 Å². The highest BCUT2D eigenvalue weighted by Gasteiger charge is 2.41. The number of nitrogens with zero attached hydrogens (tertiary/aromatic N) is 1. The molecular formula is C23H25NO5S2. The predicted molar refractivity (Wildman–Crippen MR) is 127 cm³/mol. The van der Waals surface area contributed by atoms with Crippen LogP contribution in [0.25, 0.3) is 16.8 Å². The Morgan fingerprint density at radius 2 is 1.81 bits per heavy atom. The summed E-state index contributed by atoms with van der Waals surface area (Å²) in [4.78, 5) is 26.2. The van der Waals surface area contributed by atoms with E-state index in [1.54, 1.807) is 19.9 Å². The summed E-state index contributed by atoms with van der Waals surface area (Å²) >= 11 is 6.40. The van der Waals surface area contributed by atoms with Crippen LogP contribution in [0.15, 0.2) is 23.1 Å². The van der Waals surface area contributed by atoms with E-state index in [-0.39, 0.29) is 27.7 Å². The number of phenols is 2. The quantitative estimate of drug-likeness (QED) is 0.329. The van der Waals surface area contributed by atoms with E-state index in [1.807, 2.05) is 32.9 Å². The first-order valence-corrected chi connectivity index (χ1v) is 11.2. The molecule has 1 fully saturated rings. The second-order valence-electron chi connectivity index (χ2n) is 8.32. The molecule has 31 heavy (non-hydrogen) atoms. The van der Waals surface area contributed by atoms with Crippen molar-refractivity contribution >= 4 is 57.0 Å². The minimum Gasteiger partial charge on any atom is -0.504 e. The van der Waals surface area contributed by atoms with Crippen molar-refractivity contribution in [3.8, 4) is 11.5 Å². The summed E-state index contributed by atoms with van der Waals surface area (Å²) in [6.45, 7) is 9.26. The molecule has 2 aromatic carbocycles. The molecule has 1 atom stereocenters. The number of carbonyl (C=O) groups excluding carboxylic acids is 1. The first kappa shape index (κ1) is 23.1. The number of carboxylic acids is 1. The van der Waals surface area contributed by atoms with E-state index in [9.17, 15) is 24.9 Å². The molecule has 8 heteroatoms. The van der Waals surface area contributed by atoms with Gasteiger partial charge in [0.25, 0.3) is 5.91 Å². The lowest BCUT2D eigenvalue weighted by atomic mass is 9.91. The second-order valence-corrected chi connectivity index (χ2v) is 10.00. The molecule has 6 nitrogen and oxygen atoms in total. The number of phenolic OH excluding ortho intramolecular Hbond substituents is 2. The number of aromatic hydroxyl groups is 2. The molecule has 1 heterocycles. The number of fused-ring (bicyclic) bond motifs is 1. The molecule has 1 amide bonds. The van der Waals surface area contributed by atoms with Gasteiger partial charge in [-0.25, -0.2) is 4.79 Å². The molecule has 0 aromatic heterocycles. The number of thiocarbonyl (C=S) groups is 1. The van der Waals surface area contributed by atoms with Crippen molar-refractivity contribution in [1.29, 1.82) is 0 Å². The third-order valence-electron chi connectivity index (χ3n) is 5.37. The molecule has 0 aliphatic carbocycles. The van der Waals surface area contributed by atoms with Gasteiger partial charge in [-0.15, -0.1) is 0 Å². The van der Waals surface area contributed by atoms with Crippen molar-refractivity contribution in [3.05, 3.63) is 39.8 Å². The Labute approximate surface area is 190 Å². The Kier molecular flexibility index (Phi) is 6.34. The normalized spacial score (nSPS) is 16.9. The van der Waals surface area contributed by atoms with Gasteiger partial charge in [0.1, 0.15) is 10.4 Å². The number of aliphatic carboxylic acids is 1. The van der Waals surface area contributed by atoms with Crippen molar-refractivity contribution in [2.45, 2.75) is 46.6 Å². The summed E-state index contributed by atoms with van der Waals surface area (Å²) < 4.78 is 0.223. The number of hydrogen-bond donors (Lipinski definition) is 3. The monoisotopic (exact) mass is 459 g/mol. The zero-order valence-electron chi connectivity index (χ0n) is 18.0. The highest BCUT2D eigenvalue weighted by Crippen LogP contribution is 2.42. The number of carboxylic acid groups (broad SMARTS) is 1. The van der Waals surface area contributed by atoms with Crippen molar-refractivity contribution in [2.24, 2.45) is 5.92 Å². The summed E-state index contributed by atoms with van der Waals surface area (Å²) in [5.41, 5.74) is 2.30. The molecule has 0 bridgehead atoms. The summed E-state index contributed by atoms with van der Waals surface area (Å²) in [5, 5.41) is 31.6. The van der Waals surface area contributed by atoms with Gasteiger partial charge in [0, 0.05) is 5.56 Å². The van der Waals surface area contributed by atoms with Crippen LogP contribution in [0.2, 0.25) is 0 Å². The Balaban J connectivity index is 2.10. The molecule has 0 saturated carbocycles. The summed E-state index contributed by atoms with van der Waals surface area (Å²) in [6.07, 6.45) is 1.70. The number of benzene rings is 2. The van der Waals surface area contributed by atoms with Crippen LogP contribution in [-0.2, 0) is 9.59 Å². The Bertz CT molecular complexity index is 1140. The molecule has 1 aliphatic heterocycles. The Morgan fingerprint density at radius 3 is 2.35 bits per heavy atom. The summed E-state index contributed by atoms with van der Waals surface area (Å²) in [7, 11) is 0. The van der Waals surface area contributed by atoms with Crippen LogP contribution in [0.4, 0.5) is 0 Å². The number of aryl methyl sites for hydroxylation is 1. The average molecular weight is 460 g/mol. The van der Waals surface area contributed by atoms with Gasteiger partial charge in [-0.05, 0) is 58.9 Å². The van der Waals surface area contributed by atoms with E-state index < -0.39 is 17.9 Å². The van der Waals surface area contributed by atoms with E-state index in [0.717, 1.165) is 33.7 Å². The molecule has 0 radical (unpaired) electrons. The fraction of sp³-hybridized carbons (Fsp3) is 0.348. The van der Waals surface area contributed by atoms with Gasteiger partial charge >= 0.3 is 5.97 Å². The number of thioether (sulfide) groups is 1. The maximum atomic E-state index is 13.0. The minimum absolute atomic E-state index is 0.0000809. The third kappa shape index (κ3) is 4.14. The lowest BCUT2D eigenvalue weighted by Gasteiger charge is -2.26. The first-order chi connectivity index (χ1) is 14.4. The summed E-state index contributed by atoms with van der Waals surface area (Å²) in [5.74, 6) is -2.13. The van der Waals surface area contributed by atoms with E-state index in [2.05, 4.69) is 0 Å². The maximum Gasteiger partial charge on any atom is 0.327 e. The van der Waals surface area contributed by atoms with Crippen LogP contribution in [0.1, 0.15) is 50.3 Å². The fourth-order valence-corrected chi connectivity index (χ4v) is 5.19. The topological polar surface area (TPSA) is 98.1 Å². The van der Waals surface area contributed by atoms with E-state index in [4.69, 9.17) is 12.2 Å². The van der Waals surface area contributed by atoms with Crippen molar-refractivity contribution in [2.75, 3.05) is 0 Å². The molecule has 1 aliphatic rings. The Hall–Kier alpha value is -2.58. The smallest absolute Gasteiger partial charge is 0.327 e. The van der Waals surface area contributed by atoms with Gasteiger partial charge in [-0.2, -0.15) is 0 Å². The average Bonchev–Trinajstić information content (AvgIpc) is 2.91. The standard InChI is InChI=1S/C23H25NO5S2/c1-10(2)18-15-6-12(5)13(7-14(15)8-16(25)20(18)26)9-17-21(27)24(23(30)31-17)19(11(3)4)22(28)29/h6-11,19,25-26H,1-5H3,(H,28,29)/b17-9-. The molecule has 1 saturated heterocycles. The van der Waals surface area contributed by atoms with Gasteiger partial charge in [-0.1, -0.05) is 57.7 Å². The molecule has 2 aromatic rings. The van der Waals surface area contributed by atoms with Gasteiger partial charge in [-0.3, -0.25) is 9.69 Å². The molecule has 0 spiro atoms. The fourth-order valence-electron chi connectivity index (χ4n) is 3.87. The third-order valence-corrected chi connectivity index (χ3v) is 6.70. The van der Waals surface area contributed by atoms with Crippen LogP contribution in [-0.4, -0.2) is 42.5 Å². The summed E-state index contributed by atoms with van der Waals surface area (Å²) in [6, 6.07) is 4.24. The van der Waals surface area contributed by atoms with Gasteiger partial charge < -0.3 is 15.3 Å². The van der Waals surface area contributed by atoms with Crippen molar-refractivity contribution in [3.63, 3.8) is 0 Å². The molecule has 1 unspecified atom stereocenters. The lowest BCUT2D eigenvalue weighted by molar-refractivity contribution is -0.146. The highest BCUT2D eigenvalue weighted by atomic mass is 32.2. The number of rotatable bonds is 5. The molecular weight excluding hydrogens is 434 g/mol. The van der Waals surface area contributed by atoms with Crippen molar-refractivity contribution in [1.82, 2.24) is 4.90 Å². The first-order valence-electron chi connectivity index (χ1n) is 9.93. The zero-order valence-corrected chi connectivity index (χ0v) is 19.6. The maximum absolute atomic E-state index is 13.0. The van der Waals surface area contributed by atoms with E-state index in [1.165, 1.54) is 11.0 Å². The number of hydrogen-bond acceptors (Lipinski definition) is 6. The SMILES string of the molecule is Cc1cc2c(C(C)C)c(O)c(O)cc2cc1/C=C1\SC(=S)N(C(C(=O)O)C(C)C)C1=O. The Morgan fingerprint density at radius 1 is 1.16 bits per heavy atom. The zero-order chi connectivity index (χ0) is 23.2. The van der Waals surface area contributed by atoms with Gasteiger partial charge in [0.15, 0.2) is 11.5 Å². The minimum atomic E-state index is -1.09. The predicted octanol–water partition coefficient (Wildman–Crippen LogP) is 4.99. The van der Waals surface area contributed by atoms with E-state index >= 15 is 0 Å². The van der Waals surface area contributed by atoms with Crippen LogP contribution in [0.5, 0.6) is 11.5 Å². The van der Waals surface area contributed by atoms with Crippen LogP contribution >= 0.6 is 24.0 Å². The van der Waals surface area contributed by atoms with Crippen LogP contribution < -0.4 is 0 Å². The highest BCUT2D eigenvalue weighted by molar-refractivity contribution is 8.26. The molecule has 164 valence electrons. The van der Waals surface area contributed by atoms with E-state index in [0.29, 0.717) is 10.5 Å². The lowest BCUT2D eigenvalue weighted by Crippen LogP contribution is -2.47. The largest absolute Gasteiger partial charge is 0.504 e. The molecule has 3 rings (SSSR count). The molecule has 3 N–H and O–H groups in total. The number of amides is 1. The van der Waals surface area contributed by atoms with Crippen LogP contribution in [0, 0.1) is 12.8 Å². The number of carbonyl (C=O) groups is 2. The van der Waals surface area contributed by atoms with Crippen molar-refractivity contribution < 1.29 is 24.9 Å². The second kappa shape index (κ2) is 8.51.